The fourth-order valence-electron chi connectivity index (χ4n) is 5.47. The fourth-order valence-corrected chi connectivity index (χ4v) is 6.44. The minimum absolute atomic E-state index is 0.997. The molecule has 0 saturated carbocycles. The number of aromatic nitrogens is 3. The molecule has 5 aromatic carbocycles. The van der Waals surface area contributed by atoms with Gasteiger partial charge in [0, 0.05) is 16.5 Å². The van der Waals surface area contributed by atoms with Crippen molar-refractivity contribution in [1.29, 1.82) is 0 Å². The molecule has 8 aromatic rings. The maximum Gasteiger partial charge on any atom is 0.124 e. The van der Waals surface area contributed by atoms with Crippen molar-refractivity contribution in [2.75, 3.05) is 0 Å². The first-order valence-electron chi connectivity index (χ1n) is 12.7. The van der Waals surface area contributed by atoms with Gasteiger partial charge in [0.05, 0.1) is 38.5 Å². The van der Waals surface area contributed by atoms with Crippen LogP contribution < -0.4 is 0 Å². The quantitative estimate of drug-likeness (QED) is 0.240. The third-order valence-corrected chi connectivity index (χ3v) is 8.38. The van der Waals surface area contributed by atoms with Gasteiger partial charge in [-0.25, -0.2) is 4.98 Å². The zero-order valence-electron chi connectivity index (χ0n) is 20.4. The van der Waals surface area contributed by atoms with Crippen molar-refractivity contribution < 1.29 is 0 Å². The Hall–Kier alpha value is -4.80. The van der Waals surface area contributed by atoms with E-state index in [0.717, 1.165) is 32.6 Å². The molecule has 0 bridgehead atoms. The minimum atomic E-state index is 0.997. The average molecular weight is 504 g/mol. The van der Waals surface area contributed by atoms with Crippen LogP contribution >= 0.6 is 11.3 Å². The topological polar surface area (TPSA) is 30.2 Å². The van der Waals surface area contributed by atoms with Crippen LogP contribution in [0.1, 0.15) is 0 Å². The SMILES string of the molecule is c1ccc2sc(-c3ccc(-c4ccc(-c5c6ccccc6n6c5cnc5ccccc56)cc4)cc3)nc2c1. The summed E-state index contributed by atoms with van der Waals surface area (Å²) in [6.07, 6.45) is 2.01. The van der Waals surface area contributed by atoms with Crippen molar-refractivity contribution in [2.24, 2.45) is 0 Å². The van der Waals surface area contributed by atoms with E-state index in [1.165, 1.54) is 37.9 Å². The number of nitrogens with zero attached hydrogens (tertiary/aromatic N) is 3. The number of benzene rings is 5. The number of rotatable bonds is 3. The summed E-state index contributed by atoms with van der Waals surface area (Å²) in [5, 5.41) is 2.29. The Morgan fingerprint density at radius 3 is 1.87 bits per heavy atom. The Balaban J connectivity index is 1.20. The monoisotopic (exact) mass is 503 g/mol. The van der Waals surface area contributed by atoms with Crippen LogP contribution in [0.15, 0.2) is 128 Å². The molecule has 0 atom stereocenters. The highest BCUT2D eigenvalue weighted by Crippen LogP contribution is 2.38. The molecule has 178 valence electrons. The summed E-state index contributed by atoms with van der Waals surface area (Å²) in [7, 11) is 0. The lowest BCUT2D eigenvalue weighted by Crippen LogP contribution is -1.90. The first-order chi connectivity index (χ1) is 18.8. The first kappa shape index (κ1) is 21.3. The van der Waals surface area contributed by atoms with Crippen LogP contribution in [-0.2, 0) is 0 Å². The molecule has 0 fully saturated rings. The summed E-state index contributed by atoms with van der Waals surface area (Å²) in [5.41, 5.74) is 11.4. The second-order valence-corrected chi connectivity index (χ2v) is 10.5. The van der Waals surface area contributed by atoms with E-state index in [2.05, 4.69) is 114 Å². The summed E-state index contributed by atoms with van der Waals surface area (Å²) < 4.78 is 3.55. The van der Waals surface area contributed by atoms with Crippen molar-refractivity contribution in [1.82, 2.24) is 14.4 Å². The van der Waals surface area contributed by atoms with E-state index in [1.807, 2.05) is 18.3 Å². The van der Waals surface area contributed by atoms with E-state index in [1.54, 1.807) is 11.3 Å². The highest BCUT2D eigenvalue weighted by molar-refractivity contribution is 7.21. The van der Waals surface area contributed by atoms with Gasteiger partial charge in [0.25, 0.3) is 0 Å². The van der Waals surface area contributed by atoms with Gasteiger partial charge in [-0.15, -0.1) is 11.3 Å². The van der Waals surface area contributed by atoms with Gasteiger partial charge in [-0.3, -0.25) is 4.98 Å². The molecule has 0 aliphatic heterocycles. The molecule has 0 spiro atoms. The van der Waals surface area contributed by atoms with Gasteiger partial charge >= 0.3 is 0 Å². The molecule has 0 saturated heterocycles. The van der Waals surface area contributed by atoms with Gasteiger partial charge in [0.2, 0.25) is 0 Å². The maximum atomic E-state index is 4.81. The molecule has 0 aliphatic carbocycles. The second-order valence-electron chi connectivity index (χ2n) is 9.50. The van der Waals surface area contributed by atoms with Gasteiger partial charge < -0.3 is 4.40 Å². The van der Waals surface area contributed by atoms with E-state index in [-0.39, 0.29) is 0 Å². The van der Waals surface area contributed by atoms with Crippen LogP contribution in [0.2, 0.25) is 0 Å². The largest absolute Gasteiger partial charge is 0.306 e. The lowest BCUT2D eigenvalue weighted by molar-refractivity contribution is 1.27. The molecule has 0 radical (unpaired) electrons. The molecule has 0 N–H and O–H groups in total. The number of fused-ring (bicyclic) bond motifs is 6. The molecule has 38 heavy (non-hydrogen) atoms. The predicted octanol–water partition coefficient (Wildman–Crippen LogP) is 9.25. The molecule has 8 rings (SSSR count). The average Bonchev–Trinajstić information content (AvgIpc) is 3.57. The lowest BCUT2D eigenvalue weighted by Gasteiger charge is -2.07. The van der Waals surface area contributed by atoms with Crippen molar-refractivity contribution in [2.45, 2.75) is 0 Å². The summed E-state index contributed by atoms with van der Waals surface area (Å²) in [6, 6.07) is 42.9. The Morgan fingerprint density at radius 2 is 1.11 bits per heavy atom. The zero-order valence-corrected chi connectivity index (χ0v) is 21.2. The molecular weight excluding hydrogens is 482 g/mol. The van der Waals surface area contributed by atoms with E-state index >= 15 is 0 Å². The molecule has 0 aliphatic rings. The van der Waals surface area contributed by atoms with E-state index in [4.69, 9.17) is 9.97 Å². The standard InChI is InChI=1S/C34H21N3S/c1-4-10-29-26(7-1)33(31-21-35-27-8-2-5-11-30(27)37(29)31)24-17-13-22(14-18-24)23-15-19-25(20-16-23)34-36-28-9-3-6-12-32(28)38-34/h1-21H. The highest BCUT2D eigenvalue weighted by Gasteiger charge is 2.16. The third-order valence-electron chi connectivity index (χ3n) is 7.29. The van der Waals surface area contributed by atoms with Crippen LogP contribution in [0.5, 0.6) is 0 Å². The number of thiazole rings is 1. The second kappa shape index (κ2) is 8.37. The summed E-state index contributed by atoms with van der Waals surface area (Å²) in [5.74, 6) is 0. The van der Waals surface area contributed by atoms with E-state index in [9.17, 15) is 0 Å². The minimum Gasteiger partial charge on any atom is -0.306 e. The van der Waals surface area contributed by atoms with Gasteiger partial charge in [0.15, 0.2) is 0 Å². The molecule has 0 amide bonds. The molecule has 3 heterocycles. The van der Waals surface area contributed by atoms with Crippen LogP contribution in [-0.4, -0.2) is 14.4 Å². The van der Waals surface area contributed by atoms with Gasteiger partial charge in [0.1, 0.15) is 5.01 Å². The Labute approximate surface area is 223 Å². The van der Waals surface area contributed by atoms with Gasteiger partial charge in [-0.1, -0.05) is 91.0 Å². The lowest BCUT2D eigenvalue weighted by atomic mass is 9.98. The third kappa shape index (κ3) is 3.28. The van der Waals surface area contributed by atoms with Crippen molar-refractivity contribution in [3.63, 3.8) is 0 Å². The first-order valence-corrected chi connectivity index (χ1v) is 13.5. The molecule has 0 unspecified atom stereocenters. The van der Waals surface area contributed by atoms with E-state index in [0.29, 0.717) is 0 Å². The maximum absolute atomic E-state index is 4.81. The number of para-hydroxylation sites is 4. The Bertz CT molecular complexity index is 2080. The van der Waals surface area contributed by atoms with E-state index < -0.39 is 0 Å². The summed E-state index contributed by atoms with van der Waals surface area (Å²) in [4.78, 5) is 9.58. The zero-order chi connectivity index (χ0) is 25.1. The van der Waals surface area contributed by atoms with Crippen LogP contribution in [0, 0.1) is 0 Å². The highest BCUT2D eigenvalue weighted by atomic mass is 32.1. The van der Waals surface area contributed by atoms with Crippen molar-refractivity contribution in [3.05, 3.63) is 128 Å². The Kier molecular flexibility index (Phi) is 4.69. The van der Waals surface area contributed by atoms with Gasteiger partial charge in [-0.2, -0.15) is 0 Å². The summed E-state index contributed by atoms with van der Waals surface area (Å²) in [6.45, 7) is 0. The van der Waals surface area contributed by atoms with Crippen molar-refractivity contribution >= 4 is 49.0 Å². The summed E-state index contributed by atoms with van der Waals surface area (Å²) >= 11 is 1.74. The molecular formula is C34H21N3S. The molecule has 3 aromatic heterocycles. The smallest absolute Gasteiger partial charge is 0.124 e. The van der Waals surface area contributed by atoms with Crippen LogP contribution in [0.25, 0.3) is 70.5 Å². The normalized spacial score (nSPS) is 11.7. The van der Waals surface area contributed by atoms with Gasteiger partial charge in [-0.05, 0) is 47.0 Å². The predicted molar refractivity (Wildman–Crippen MR) is 160 cm³/mol. The van der Waals surface area contributed by atoms with Crippen LogP contribution in [0.3, 0.4) is 0 Å². The van der Waals surface area contributed by atoms with Crippen molar-refractivity contribution in [3.8, 4) is 32.8 Å². The molecule has 4 heteroatoms. The van der Waals surface area contributed by atoms with Crippen LogP contribution in [0.4, 0.5) is 0 Å². The fraction of sp³-hybridized carbons (Fsp3) is 0. The molecule has 3 nitrogen and oxygen atoms in total. The Morgan fingerprint density at radius 1 is 0.500 bits per heavy atom. The number of hydrogen-bond donors (Lipinski definition) is 0. The number of hydrogen-bond acceptors (Lipinski definition) is 3.